The first-order valence-corrected chi connectivity index (χ1v) is 8.78. The van der Waals surface area contributed by atoms with Crippen molar-refractivity contribution in [1.82, 2.24) is 0 Å². The first-order chi connectivity index (χ1) is 11.0. The minimum absolute atomic E-state index is 0.135. The van der Waals surface area contributed by atoms with Crippen molar-refractivity contribution in [3.05, 3.63) is 11.6 Å². The Balaban J connectivity index is 2.22. The van der Waals surface area contributed by atoms with Gasteiger partial charge in [0.25, 0.3) is 0 Å². The molecular weight excluding hydrogens is 304 g/mol. The van der Waals surface area contributed by atoms with Crippen molar-refractivity contribution in [1.29, 1.82) is 0 Å². The van der Waals surface area contributed by atoms with E-state index < -0.39 is 34.1 Å². The first kappa shape index (κ1) is 17.2. The molecule has 0 saturated heterocycles. The summed E-state index contributed by atoms with van der Waals surface area (Å²) in [5, 5.41) is 0. The van der Waals surface area contributed by atoms with Crippen LogP contribution in [0.25, 0.3) is 0 Å². The highest BCUT2D eigenvalue weighted by Gasteiger charge is 2.77. The van der Waals surface area contributed by atoms with E-state index in [1.165, 1.54) is 6.92 Å². The summed E-state index contributed by atoms with van der Waals surface area (Å²) in [6, 6.07) is 0. The van der Waals surface area contributed by atoms with Crippen molar-refractivity contribution in [3.63, 3.8) is 0 Å². The minimum Gasteiger partial charge on any atom is -0.299 e. The van der Waals surface area contributed by atoms with Gasteiger partial charge in [-0.05, 0) is 57.8 Å². The summed E-state index contributed by atoms with van der Waals surface area (Å²) in [7, 11) is 0. The topological polar surface area (TPSA) is 68.3 Å². The lowest BCUT2D eigenvalue weighted by atomic mass is 9.59. The summed E-state index contributed by atoms with van der Waals surface area (Å²) in [4.78, 5) is 51.8. The maximum absolute atomic E-state index is 13.4. The molecule has 3 rings (SSSR count). The smallest absolute Gasteiger partial charge is 0.164 e. The number of allylic oxidation sites excluding steroid dienone is 2. The van der Waals surface area contributed by atoms with E-state index >= 15 is 0 Å². The maximum Gasteiger partial charge on any atom is 0.164 e. The third kappa shape index (κ3) is 1.86. The van der Waals surface area contributed by atoms with Crippen molar-refractivity contribution >= 4 is 23.1 Å². The number of carbonyl (C=O) groups excluding carboxylic acids is 4. The Morgan fingerprint density at radius 1 is 1.08 bits per heavy atom. The number of Topliss-reactive ketones (excluding diaryl/α,β-unsaturated/α-hetero) is 4. The highest BCUT2D eigenvalue weighted by atomic mass is 16.2. The first-order valence-electron chi connectivity index (χ1n) is 8.78. The second-order valence-corrected chi connectivity index (χ2v) is 8.89. The molecule has 4 atom stereocenters. The van der Waals surface area contributed by atoms with Crippen LogP contribution in [0.1, 0.15) is 60.3 Å². The van der Waals surface area contributed by atoms with E-state index in [0.29, 0.717) is 19.3 Å². The van der Waals surface area contributed by atoms with Crippen molar-refractivity contribution in [3.8, 4) is 0 Å². The average Bonchev–Trinajstić information content (AvgIpc) is 2.85. The molecule has 1 spiro atoms. The molecule has 0 aliphatic heterocycles. The van der Waals surface area contributed by atoms with Crippen LogP contribution in [0.3, 0.4) is 0 Å². The molecule has 4 heteroatoms. The molecule has 1 unspecified atom stereocenters. The summed E-state index contributed by atoms with van der Waals surface area (Å²) in [6.45, 7) is 9.32. The van der Waals surface area contributed by atoms with Crippen molar-refractivity contribution < 1.29 is 19.2 Å². The summed E-state index contributed by atoms with van der Waals surface area (Å²) in [6.07, 6.45) is 3.91. The van der Waals surface area contributed by atoms with Gasteiger partial charge in [-0.15, -0.1) is 0 Å². The molecule has 0 aromatic rings. The number of hydrogen-bond donors (Lipinski definition) is 0. The van der Waals surface area contributed by atoms with Gasteiger partial charge in [0.05, 0.1) is 10.8 Å². The van der Waals surface area contributed by atoms with Crippen molar-refractivity contribution in [2.45, 2.75) is 60.3 Å². The van der Waals surface area contributed by atoms with Crippen LogP contribution in [0.5, 0.6) is 0 Å². The molecule has 2 bridgehead atoms. The number of fused-ring (bicyclic) bond motifs is 1. The molecule has 0 amide bonds. The largest absolute Gasteiger partial charge is 0.299 e. The molecule has 4 nitrogen and oxygen atoms in total. The molecule has 0 radical (unpaired) electrons. The van der Waals surface area contributed by atoms with Gasteiger partial charge in [0, 0.05) is 0 Å². The normalized spacial score (nSPS) is 39.8. The van der Waals surface area contributed by atoms with E-state index in [2.05, 4.69) is 13.8 Å². The molecule has 3 aliphatic rings. The highest BCUT2D eigenvalue weighted by Crippen LogP contribution is 2.69. The molecule has 130 valence electrons. The number of carbonyl (C=O) groups is 4. The molecule has 0 aromatic carbocycles. The summed E-state index contributed by atoms with van der Waals surface area (Å²) < 4.78 is 0. The molecular formula is C20H26O4. The second-order valence-electron chi connectivity index (χ2n) is 8.89. The summed E-state index contributed by atoms with van der Waals surface area (Å²) >= 11 is 0. The zero-order valence-corrected chi connectivity index (χ0v) is 15.2. The molecule has 3 aliphatic carbocycles. The van der Waals surface area contributed by atoms with Crippen molar-refractivity contribution in [2.24, 2.45) is 28.1 Å². The Morgan fingerprint density at radius 3 is 2.25 bits per heavy atom. The van der Waals surface area contributed by atoms with Crippen LogP contribution in [0.15, 0.2) is 11.6 Å². The van der Waals surface area contributed by atoms with Crippen LogP contribution in [-0.2, 0) is 19.2 Å². The lowest BCUT2D eigenvalue weighted by molar-refractivity contribution is -0.159. The zero-order valence-electron chi connectivity index (χ0n) is 15.2. The highest BCUT2D eigenvalue weighted by molar-refractivity contribution is 6.37. The van der Waals surface area contributed by atoms with E-state index in [-0.39, 0.29) is 17.1 Å². The van der Waals surface area contributed by atoms with Crippen LogP contribution in [0.2, 0.25) is 0 Å². The van der Waals surface area contributed by atoms with E-state index in [4.69, 9.17) is 0 Å². The summed E-state index contributed by atoms with van der Waals surface area (Å²) in [5.41, 5.74) is -1.41. The fourth-order valence-electron chi connectivity index (χ4n) is 5.42. The van der Waals surface area contributed by atoms with E-state index in [0.717, 1.165) is 12.0 Å². The Morgan fingerprint density at radius 2 is 1.71 bits per heavy atom. The van der Waals surface area contributed by atoms with E-state index in [9.17, 15) is 19.2 Å². The third-order valence-electron chi connectivity index (χ3n) is 6.80. The molecule has 0 heterocycles. The Kier molecular flexibility index (Phi) is 3.57. The third-order valence-corrected chi connectivity index (χ3v) is 6.80. The number of ketones is 4. The quantitative estimate of drug-likeness (QED) is 0.589. The summed E-state index contributed by atoms with van der Waals surface area (Å²) in [5.74, 6) is -2.85. The monoisotopic (exact) mass is 330 g/mol. The molecule has 3 saturated carbocycles. The Bertz CT molecular complexity index is 694. The minimum atomic E-state index is -1.24. The van der Waals surface area contributed by atoms with Gasteiger partial charge in [-0.3, -0.25) is 19.2 Å². The second kappa shape index (κ2) is 4.96. The molecule has 0 aromatic heterocycles. The van der Waals surface area contributed by atoms with Gasteiger partial charge in [-0.25, -0.2) is 0 Å². The molecule has 24 heavy (non-hydrogen) atoms. The molecule has 0 N–H and O–H groups in total. The number of hydrogen-bond acceptors (Lipinski definition) is 4. The fraction of sp³-hybridized carbons (Fsp3) is 0.700. The van der Waals surface area contributed by atoms with Gasteiger partial charge < -0.3 is 0 Å². The fourth-order valence-corrected chi connectivity index (χ4v) is 5.42. The van der Waals surface area contributed by atoms with Gasteiger partial charge in [0.1, 0.15) is 11.7 Å². The van der Waals surface area contributed by atoms with Crippen LogP contribution >= 0.6 is 0 Å². The van der Waals surface area contributed by atoms with Gasteiger partial charge in [0.15, 0.2) is 17.3 Å². The molecule has 3 fully saturated rings. The van der Waals surface area contributed by atoms with Crippen LogP contribution < -0.4 is 0 Å². The SMILES string of the molecule is CC(=O)C1C(=O)[C@@]2(CC=C(C)C)C[C@@H]3C(C)(C)CC[C@]3(C1=O)C2=O. The Labute approximate surface area is 143 Å². The van der Waals surface area contributed by atoms with Crippen LogP contribution in [0, 0.1) is 28.1 Å². The van der Waals surface area contributed by atoms with Crippen molar-refractivity contribution in [2.75, 3.05) is 0 Å². The van der Waals surface area contributed by atoms with E-state index in [1.807, 2.05) is 19.9 Å². The zero-order chi connectivity index (χ0) is 18.1. The number of rotatable bonds is 3. The van der Waals surface area contributed by atoms with Gasteiger partial charge in [-0.1, -0.05) is 25.5 Å². The van der Waals surface area contributed by atoms with Gasteiger partial charge in [0.2, 0.25) is 0 Å². The van der Waals surface area contributed by atoms with Gasteiger partial charge in [-0.2, -0.15) is 0 Å². The standard InChI is InChI=1S/C20H26O4/c1-11(2)6-7-19-10-13-18(4,5)8-9-20(13,17(19)24)16(23)14(12(3)21)15(19)22/h6,13-14H,7-10H2,1-5H3/t13-,14?,19-,20+/m1/s1. The van der Waals surface area contributed by atoms with Crippen LogP contribution in [-0.4, -0.2) is 23.1 Å². The van der Waals surface area contributed by atoms with Crippen LogP contribution in [0.4, 0.5) is 0 Å². The average molecular weight is 330 g/mol. The lowest BCUT2D eigenvalue weighted by Crippen LogP contribution is -2.58. The van der Waals surface area contributed by atoms with E-state index in [1.54, 1.807) is 0 Å². The predicted molar refractivity (Wildman–Crippen MR) is 89.2 cm³/mol. The predicted octanol–water partition coefficient (Wildman–Crippen LogP) is 3.08. The maximum atomic E-state index is 13.4. The van der Waals surface area contributed by atoms with Gasteiger partial charge >= 0.3 is 0 Å². The Hall–Kier alpha value is -1.58. The lowest BCUT2D eigenvalue weighted by Gasteiger charge is -2.38.